The van der Waals surface area contributed by atoms with Crippen molar-refractivity contribution in [1.82, 2.24) is 5.32 Å². The van der Waals surface area contributed by atoms with Crippen molar-refractivity contribution in [1.29, 1.82) is 0 Å². The molecule has 30 heavy (non-hydrogen) atoms. The summed E-state index contributed by atoms with van der Waals surface area (Å²) in [5.41, 5.74) is 4.18. The van der Waals surface area contributed by atoms with Gasteiger partial charge in [-0.2, -0.15) is 0 Å². The van der Waals surface area contributed by atoms with Crippen LogP contribution in [0.2, 0.25) is 0 Å². The lowest BCUT2D eigenvalue weighted by atomic mass is 10.0. The Balaban J connectivity index is 1.77. The molecule has 2 aromatic carbocycles. The number of amides is 1. The molecule has 3 rings (SSSR count). The van der Waals surface area contributed by atoms with Gasteiger partial charge in [-0.05, 0) is 81.0 Å². The van der Waals surface area contributed by atoms with Crippen molar-refractivity contribution in [3.8, 4) is 5.75 Å². The largest absolute Gasteiger partial charge is 0.494 e. The third kappa shape index (κ3) is 4.95. The predicted molar refractivity (Wildman–Crippen MR) is 119 cm³/mol. The van der Waals surface area contributed by atoms with Crippen molar-refractivity contribution in [2.75, 3.05) is 17.2 Å². The molecular formula is C23H30N2O4S. The van der Waals surface area contributed by atoms with E-state index in [1.165, 1.54) is 17.5 Å². The molecule has 0 saturated heterocycles. The molecule has 0 radical (unpaired) electrons. The molecular weight excluding hydrogens is 400 g/mol. The van der Waals surface area contributed by atoms with Crippen LogP contribution >= 0.6 is 0 Å². The van der Waals surface area contributed by atoms with E-state index in [4.69, 9.17) is 4.74 Å². The maximum Gasteiger partial charge on any atom is 0.244 e. The predicted octanol–water partition coefficient (Wildman–Crippen LogP) is 3.61. The van der Waals surface area contributed by atoms with E-state index in [-0.39, 0.29) is 11.9 Å². The van der Waals surface area contributed by atoms with E-state index in [0.717, 1.165) is 29.0 Å². The highest BCUT2D eigenvalue weighted by Gasteiger charge is 2.30. The third-order valence-electron chi connectivity index (χ3n) is 5.47. The highest BCUT2D eigenvalue weighted by Crippen LogP contribution is 2.27. The summed E-state index contributed by atoms with van der Waals surface area (Å²) in [5, 5.41) is 2.97. The fourth-order valence-electron chi connectivity index (χ4n) is 3.94. The van der Waals surface area contributed by atoms with Gasteiger partial charge in [-0.25, -0.2) is 8.42 Å². The number of sulfonamides is 1. The summed E-state index contributed by atoms with van der Waals surface area (Å²) in [7, 11) is -3.66. The van der Waals surface area contributed by atoms with Crippen LogP contribution < -0.4 is 14.4 Å². The Kier molecular flexibility index (Phi) is 6.71. The normalized spacial score (nSPS) is 15.2. The number of nitrogens with zero attached hydrogens (tertiary/aromatic N) is 1. The average molecular weight is 431 g/mol. The molecule has 0 heterocycles. The number of nitrogens with one attached hydrogen (secondary N) is 1. The van der Waals surface area contributed by atoms with Crippen LogP contribution in [-0.4, -0.2) is 33.2 Å². The summed E-state index contributed by atoms with van der Waals surface area (Å²) in [6, 6.07) is 11.9. The Labute approximate surface area is 179 Å². The number of ether oxygens (including phenoxy) is 1. The molecule has 0 unspecified atom stereocenters. The van der Waals surface area contributed by atoms with E-state index < -0.39 is 16.1 Å². The molecule has 0 fully saturated rings. The summed E-state index contributed by atoms with van der Waals surface area (Å²) in [6.45, 7) is 5.92. The monoisotopic (exact) mass is 430 g/mol. The van der Waals surface area contributed by atoms with Crippen LogP contribution in [0.5, 0.6) is 5.75 Å². The smallest absolute Gasteiger partial charge is 0.244 e. The van der Waals surface area contributed by atoms with Crippen molar-refractivity contribution in [3.05, 3.63) is 59.2 Å². The van der Waals surface area contributed by atoms with Crippen molar-refractivity contribution < 1.29 is 17.9 Å². The number of fused-ring (bicyclic) bond motifs is 1. The van der Waals surface area contributed by atoms with Crippen LogP contribution in [0.15, 0.2) is 42.5 Å². The highest BCUT2D eigenvalue weighted by atomic mass is 32.2. The van der Waals surface area contributed by atoms with Gasteiger partial charge in [-0.3, -0.25) is 9.10 Å². The first kappa shape index (κ1) is 22.2. The van der Waals surface area contributed by atoms with E-state index in [1.807, 2.05) is 19.9 Å². The second kappa shape index (κ2) is 9.08. The van der Waals surface area contributed by atoms with Gasteiger partial charge in [0.25, 0.3) is 0 Å². The minimum Gasteiger partial charge on any atom is -0.494 e. The highest BCUT2D eigenvalue weighted by molar-refractivity contribution is 7.92. The molecule has 1 amide bonds. The number of hydrogen-bond donors (Lipinski definition) is 1. The number of aryl methyl sites for hydroxylation is 2. The first-order valence-electron chi connectivity index (χ1n) is 10.3. The number of carbonyl (C=O) groups excluding carboxylic acids is 1. The Hall–Kier alpha value is -2.54. The van der Waals surface area contributed by atoms with E-state index in [2.05, 4.69) is 17.4 Å². The third-order valence-corrected chi connectivity index (χ3v) is 6.71. The Morgan fingerprint density at radius 3 is 2.40 bits per heavy atom. The van der Waals surface area contributed by atoms with E-state index in [1.54, 1.807) is 31.2 Å². The number of anilines is 1. The summed E-state index contributed by atoms with van der Waals surface area (Å²) < 4.78 is 31.5. The van der Waals surface area contributed by atoms with Crippen molar-refractivity contribution >= 4 is 21.6 Å². The Bertz CT molecular complexity index is 1000. The Morgan fingerprint density at radius 1 is 1.10 bits per heavy atom. The molecule has 1 aliphatic rings. The van der Waals surface area contributed by atoms with Gasteiger partial charge < -0.3 is 10.1 Å². The topological polar surface area (TPSA) is 75.7 Å². The summed E-state index contributed by atoms with van der Waals surface area (Å²) in [5.74, 6) is 0.305. The number of hydrogen-bond acceptors (Lipinski definition) is 4. The van der Waals surface area contributed by atoms with Gasteiger partial charge in [-0.15, -0.1) is 0 Å². The lowest BCUT2D eigenvalue weighted by Gasteiger charge is -2.29. The zero-order chi connectivity index (χ0) is 21.9. The molecule has 6 nitrogen and oxygen atoms in total. The van der Waals surface area contributed by atoms with Crippen molar-refractivity contribution in [2.45, 2.75) is 52.1 Å². The molecule has 1 aliphatic carbocycles. The molecule has 1 N–H and O–H groups in total. The standard InChI is InChI=1S/C23H30N2O4S/c1-5-29-22-13-11-21(12-14-22)25(30(4,27)28)17(3)23(26)24-16(2)19-10-9-18-7-6-8-20(18)15-19/h9-17H,5-8H2,1-4H3,(H,24,26)/t16-,17+/m1/s1. The number of carbonyl (C=O) groups is 1. The van der Waals surface area contributed by atoms with Gasteiger partial charge in [0.1, 0.15) is 11.8 Å². The molecule has 0 bridgehead atoms. The second-order valence-corrected chi connectivity index (χ2v) is 9.63. The van der Waals surface area contributed by atoms with E-state index in [0.29, 0.717) is 18.0 Å². The zero-order valence-electron chi connectivity index (χ0n) is 18.0. The minimum atomic E-state index is -3.66. The number of benzene rings is 2. The van der Waals surface area contributed by atoms with Gasteiger partial charge in [0, 0.05) is 0 Å². The van der Waals surface area contributed by atoms with Gasteiger partial charge in [0.05, 0.1) is 24.6 Å². The maximum absolute atomic E-state index is 12.9. The maximum atomic E-state index is 12.9. The molecule has 0 saturated carbocycles. The van der Waals surface area contributed by atoms with Crippen LogP contribution in [0.3, 0.4) is 0 Å². The summed E-state index contributed by atoms with van der Waals surface area (Å²) in [4.78, 5) is 12.9. The quantitative estimate of drug-likeness (QED) is 0.694. The van der Waals surface area contributed by atoms with Gasteiger partial charge in [0.2, 0.25) is 15.9 Å². The molecule has 2 aromatic rings. The lowest BCUT2D eigenvalue weighted by Crippen LogP contribution is -2.48. The van der Waals surface area contributed by atoms with Crippen LogP contribution in [0, 0.1) is 0 Å². The molecule has 0 aliphatic heterocycles. The second-order valence-electron chi connectivity index (χ2n) is 7.77. The van der Waals surface area contributed by atoms with Crippen LogP contribution in [-0.2, 0) is 27.7 Å². The van der Waals surface area contributed by atoms with Crippen LogP contribution in [0.25, 0.3) is 0 Å². The summed E-state index contributed by atoms with van der Waals surface area (Å²) in [6.07, 6.45) is 4.46. The van der Waals surface area contributed by atoms with Gasteiger partial charge in [0.15, 0.2) is 0 Å². The zero-order valence-corrected chi connectivity index (χ0v) is 18.8. The van der Waals surface area contributed by atoms with Gasteiger partial charge >= 0.3 is 0 Å². The molecule has 0 spiro atoms. The molecule has 2 atom stereocenters. The van der Waals surface area contributed by atoms with Crippen LogP contribution in [0.1, 0.15) is 49.9 Å². The molecule has 162 valence electrons. The summed E-state index contributed by atoms with van der Waals surface area (Å²) >= 11 is 0. The van der Waals surface area contributed by atoms with E-state index >= 15 is 0 Å². The fourth-order valence-corrected chi connectivity index (χ4v) is 5.12. The lowest BCUT2D eigenvalue weighted by molar-refractivity contribution is -0.122. The molecule has 7 heteroatoms. The van der Waals surface area contributed by atoms with Gasteiger partial charge in [-0.1, -0.05) is 18.2 Å². The van der Waals surface area contributed by atoms with Crippen molar-refractivity contribution in [3.63, 3.8) is 0 Å². The average Bonchev–Trinajstić information content (AvgIpc) is 3.16. The SMILES string of the molecule is CCOc1ccc(N([C@@H](C)C(=O)N[C@H](C)c2ccc3c(c2)CCC3)S(C)(=O)=O)cc1. The van der Waals surface area contributed by atoms with Crippen LogP contribution in [0.4, 0.5) is 5.69 Å². The fraction of sp³-hybridized carbons (Fsp3) is 0.435. The molecule has 0 aromatic heterocycles. The first-order chi connectivity index (χ1) is 14.2. The first-order valence-corrected chi connectivity index (χ1v) is 12.2. The minimum absolute atomic E-state index is 0.215. The number of rotatable bonds is 8. The Morgan fingerprint density at radius 2 is 1.77 bits per heavy atom. The van der Waals surface area contributed by atoms with Crippen molar-refractivity contribution in [2.24, 2.45) is 0 Å². The van der Waals surface area contributed by atoms with E-state index in [9.17, 15) is 13.2 Å².